The number of carbonyl (C=O) groups excluding carboxylic acids is 1. The van der Waals surface area contributed by atoms with Crippen LogP contribution in [0.3, 0.4) is 0 Å². The molecule has 1 fully saturated rings. The van der Waals surface area contributed by atoms with Gasteiger partial charge in [-0.3, -0.25) is 14.4 Å². The van der Waals surface area contributed by atoms with Crippen molar-refractivity contribution in [2.24, 2.45) is 10.2 Å². The van der Waals surface area contributed by atoms with Gasteiger partial charge in [0.2, 0.25) is 0 Å². The quantitative estimate of drug-likeness (QED) is 0.650. The third-order valence-electron chi connectivity index (χ3n) is 4.38. The first-order chi connectivity index (χ1) is 12.2. The van der Waals surface area contributed by atoms with Gasteiger partial charge in [-0.2, -0.15) is 10.2 Å². The molecule has 9 nitrogen and oxygen atoms in total. The molecule has 2 aliphatic heterocycles. The molecule has 0 atom stereocenters. The van der Waals surface area contributed by atoms with Crippen LogP contribution in [0.1, 0.15) is 29.8 Å². The number of hydrogen-bond acceptors (Lipinski definition) is 7. The number of aromatic nitrogens is 3. The third kappa shape index (κ3) is 5.08. The molecule has 0 aliphatic carbocycles. The fourth-order valence-electron chi connectivity index (χ4n) is 2.72. The van der Waals surface area contributed by atoms with Crippen LogP contribution in [0.15, 0.2) is 16.4 Å². The Balaban J connectivity index is 1.38. The molecule has 0 saturated carbocycles. The molecule has 3 heterocycles. The molecule has 134 valence electrons. The molecular weight excluding hydrogens is 322 g/mol. The van der Waals surface area contributed by atoms with E-state index in [4.69, 9.17) is 11.2 Å². The summed E-state index contributed by atoms with van der Waals surface area (Å²) in [6, 6.07) is 0. The van der Waals surface area contributed by atoms with Gasteiger partial charge in [0.15, 0.2) is 11.4 Å². The lowest BCUT2D eigenvalue weighted by Gasteiger charge is -2.26. The maximum Gasteiger partial charge on any atom is 0.273 e. The van der Waals surface area contributed by atoms with Crippen LogP contribution >= 0.6 is 0 Å². The number of rotatable bonds is 9. The highest BCUT2D eigenvalue weighted by Gasteiger charge is 2.38. The van der Waals surface area contributed by atoms with Crippen molar-refractivity contribution in [3.05, 3.63) is 11.9 Å². The van der Waals surface area contributed by atoms with E-state index in [1.807, 2.05) is 0 Å². The average Bonchev–Trinajstić information content (AvgIpc) is 3.24. The van der Waals surface area contributed by atoms with Gasteiger partial charge in [0.1, 0.15) is 0 Å². The number of hydrogen-bond donors (Lipinski definition) is 1. The molecule has 0 aromatic carbocycles. The molecule has 0 radical (unpaired) electrons. The van der Waals surface area contributed by atoms with Crippen molar-refractivity contribution in [3.63, 3.8) is 0 Å². The van der Waals surface area contributed by atoms with E-state index >= 15 is 0 Å². The number of ether oxygens (including phenoxy) is 1. The van der Waals surface area contributed by atoms with Crippen LogP contribution in [-0.2, 0) is 11.3 Å². The monoisotopic (exact) mass is 345 g/mol. The lowest BCUT2D eigenvalue weighted by molar-refractivity contribution is 0.0359. The minimum Gasteiger partial charge on any atom is -0.379 e. The van der Waals surface area contributed by atoms with E-state index < -0.39 is 0 Å². The smallest absolute Gasteiger partial charge is 0.273 e. The predicted octanol–water partition coefficient (Wildman–Crippen LogP) is 0.306. The molecule has 1 saturated heterocycles. The Kier molecular flexibility index (Phi) is 5.73. The molecule has 3 rings (SSSR count). The van der Waals surface area contributed by atoms with Gasteiger partial charge in [-0.15, -0.1) is 17.4 Å². The molecule has 25 heavy (non-hydrogen) atoms. The highest BCUT2D eigenvalue weighted by Crippen LogP contribution is 2.35. The van der Waals surface area contributed by atoms with Crippen LogP contribution in [-0.4, -0.2) is 70.9 Å². The van der Waals surface area contributed by atoms with Crippen molar-refractivity contribution in [1.29, 1.82) is 0 Å². The summed E-state index contributed by atoms with van der Waals surface area (Å²) in [5, 5.41) is 18.9. The van der Waals surface area contributed by atoms with Gasteiger partial charge in [0, 0.05) is 45.4 Å². The number of nitrogens with one attached hydrogen (secondary N) is 1. The van der Waals surface area contributed by atoms with Gasteiger partial charge in [-0.1, -0.05) is 5.21 Å². The Hall–Kier alpha value is -2.31. The Morgan fingerprint density at radius 3 is 2.84 bits per heavy atom. The second-order valence-corrected chi connectivity index (χ2v) is 6.21. The minimum absolute atomic E-state index is 0.231. The fourth-order valence-corrected chi connectivity index (χ4v) is 2.72. The predicted molar refractivity (Wildman–Crippen MR) is 89.9 cm³/mol. The van der Waals surface area contributed by atoms with Gasteiger partial charge < -0.3 is 10.1 Å². The van der Waals surface area contributed by atoms with Gasteiger partial charge in [0.05, 0.1) is 26.0 Å². The lowest BCUT2D eigenvalue weighted by Crippen LogP contribution is -2.38. The number of carbonyl (C=O) groups is 1. The molecule has 1 N–H and O–H groups in total. The largest absolute Gasteiger partial charge is 0.379 e. The fraction of sp³-hybridized carbons (Fsp3) is 0.688. The summed E-state index contributed by atoms with van der Waals surface area (Å²) in [6.07, 6.45) is 8.97. The van der Waals surface area contributed by atoms with Crippen LogP contribution in [0, 0.1) is 12.3 Å². The zero-order valence-electron chi connectivity index (χ0n) is 14.2. The maximum absolute atomic E-state index is 12.1. The summed E-state index contributed by atoms with van der Waals surface area (Å²) in [4.78, 5) is 14.4. The van der Waals surface area contributed by atoms with Crippen LogP contribution in [0.25, 0.3) is 0 Å². The van der Waals surface area contributed by atoms with E-state index in [2.05, 4.69) is 36.7 Å². The molecule has 1 aromatic rings. The number of amides is 1. The van der Waals surface area contributed by atoms with E-state index in [9.17, 15) is 4.79 Å². The van der Waals surface area contributed by atoms with Crippen molar-refractivity contribution < 1.29 is 9.53 Å². The normalized spacial score (nSPS) is 18.7. The van der Waals surface area contributed by atoms with Crippen LogP contribution in [0.2, 0.25) is 0 Å². The summed E-state index contributed by atoms with van der Waals surface area (Å²) in [5.41, 5.74) is -0.0561. The molecule has 9 heteroatoms. The Labute approximate surface area is 146 Å². The standard InChI is InChI=1S/C16H23N7O2/c1-2-3-4-16(19-20-16)5-6-17-15(24)14-13-23(21-18-14)8-7-22-9-11-25-12-10-22/h1,13H,3-12H2,(H,17,24). The first-order valence-corrected chi connectivity index (χ1v) is 8.57. The Morgan fingerprint density at radius 1 is 1.32 bits per heavy atom. The first kappa shape index (κ1) is 17.5. The van der Waals surface area contributed by atoms with Crippen LogP contribution in [0.5, 0.6) is 0 Å². The second kappa shape index (κ2) is 8.18. The van der Waals surface area contributed by atoms with Crippen LogP contribution in [0.4, 0.5) is 0 Å². The van der Waals surface area contributed by atoms with Crippen molar-refractivity contribution in [3.8, 4) is 12.3 Å². The van der Waals surface area contributed by atoms with Crippen LogP contribution < -0.4 is 5.32 Å². The summed E-state index contributed by atoms with van der Waals surface area (Å²) in [7, 11) is 0. The molecular formula is C16H23N7O2. The van der Waals surface area contributed by atoms with Gasteiger partial charge in [-0.05, 0) is 0 Å². The molecule has 2 aliphatic rings. The number of terminal acetylenes is 1. The SMILES string of the molecule is C#CCCC1(CCNC(=O)c2cn(CCN3CCOCC3)nn2)N=N1. The molecule has 0 unspecified atom stereocenters. The van der Waals surface area contributed by atoms with E-state index in [1.165, 1.54) is 0 Å². The minimum atomic E-state index is -0.380. The summed E-state index contributed by atoms with van der Waals surface area (Å²) in [5.74, 6) is 2.36. The third-order valence-corrected chi connectivity index (χ3v) is 4.38. The van der Waals surface area contributed by atoms with E-state index in [-0.39, 0.29) is 11.6 Å². The highest BCUT2D eigenvalue weighted by molar-refractivity contribution is 5.91. The molecule has 0 bridgehead atoms. The van der Waals surface area contributed by atoms with Gasteiger partial charge >= 0.3 is 0 Å². The summed E-state index contributed by atoms with van der Waals surface area (Å²) < 4.78 is 7.02. The van der Waals surface area contributed by atoms with Crippen molar-refractivity contribution in [1.82, 2.24) is 25.2 Å². The molecule has 1 amide bonds. The van der Waals surface area contributed by atoms with Crippen molar-refractivity contribution in [2.75, 3.05) is 39.4 Å². The van der Waals surface area contributed by atoms with E-state index in [0.717, 1.165) is 39.3 Å². The van der Waals surface area contributed by atoms with Crippen molar-refractivity contribution in [2.45, 2.75) is 31.5 Å². The average molecular weight is 345 g/mol. The Bertz CT molecular complexity index is 652. The number of nitrogens with zero attached hydrogens (tertiary/aromatic N) is 6. The molecule has 1 aromatic heterocycles. The number of morpholine rings is 1. The Morgan fingerprint density at radius 2 is 2.12 bits per heavy atom. The lowest BCUT2D eigenvalue weighted by atomic mass is 10.0. The van der Waals surface area contributed by atoms with Crippen molar-refractivity contribution >= 4 is 5.91 Å². The van der Waals surface area contributed by atoms with E-state index in [1.54, 1.807) is 10.9 Å². The zero-order chi connectivity index (χ0) is 17.5. The van der Waals surface area contributed by atoms with Gasteiger partial charge in [-0.25, -0.2) is 0 Å². The van der Waals surface area contributed by atoms with Gasteiger partial charge in [0.25, 0.3) is 5.91 Å². The topological polar surface area (TPSA) is 97.0 Å². The highest BCUT2D eigenvalue weighted by atomic mass is 16.5. The summed E-state index contributed by atoms with van der Waals surface area (Å²) >= 11 is 0. The second-order valence-electron chi connectivity index (χ2n) is 6.21. The molecule has 0 spiro atoms. The maximum atomic E-state index is 12.1. The zero-order valence-corrected chi connectivity index (χ0v) is 14.2. The summed E-state index contributed by atoms with van der Waals surface area (Å²) in [6.45, 7) is 5.46. The first-order valence-electron chi connectivity index (χ1n) is 8.57. The van der Waals surface area contributed by atoms with E-state index in [0.29, 0.717) is 31.6 Å².